The molecule has 32 heavy (non-hydrogen) atoms. The maximum absolute atomic E-state index is 2.56. The molecule has 1 aliphatic carbocycles. The minimum atomic E-state index is 1.14. The van der Waals surface area contributed by atoms with Crippen LogP contribution in [0.5, 0.6) is 0 Å². The van der Waals surface area contributed by atoms with Gasteiger partial charge in [-0.05, 0) is 109 Å². The van der Waals surface area contributed by atoms with Gasteiger partial charge in [0.1, 0.15) is 0 Å². The van der Waals surface area contributed by atoms with Crippen LogP contribution >= 0.6 is 0 Å². The number of hydrogen-bond donors (Lipinski definition) is 0. The minimum Gasteiger partial charge on any atom is -0.304 e. The Kier molecular flexibility index (Phi) is 7.65. The average molecular weight is 429 g/mol. The van der Waals surface area contributed by atoms with Crippen molar-refractivity contribution in [3.05, 3.63) is 59.7 Å². The van der Waals surface area contributed by atoms with E-state index in [2.05, 4.69) is 86.0 Å². The Balaban J connectivity index is 1.73. The van der Waals surface area contributed by atoms with Crippen molar-refractivity contribution in [2.24, 2.45) is 0 Å². The third-order valence-electron chi connectivity index (χ3n) is 7.46. The topological polar surface area (TPSA) is 6.48 Å². The highest BCUT2D eigenvalue weighted by Gasteiger charge is 2.25. The summed E-state index contributed by atoms with van der Waals surface area (Å²) in [4.78, 5) is 5.10. The fourth-order valence-corrected chi connectivity index (χ4v) is 5.57. The van der Waals surface area contributed by atoms with E-state index in [0.717, 1.165) is 26.2 Å². The Bertz CT molecular complexity index is 1040. The van der Waals surface area contributed by atoms with Gasteiger partial charge in [0.25, 0.3) is 0 Å². The van der Waals surface area contributed by atoms with Crippen LogP contribution in [0.15, 0.2) is 48.5 Å². The van der Waals surface area contributed by atoms with E-state index in [1.54, 1.807) is 11.1 Å². The zero-order valence-electron chi connectivity index (χ0n) is 20.6. The first-order valence-corrected chi connectivity index (χ1v) is 12.8. The highest BCUT2D eigenvalue weighted by molar-refractivity contribution is 6.16. The Morgan fingerprint density at radius 1 is 0.625 bits per heavy atom. The molecule has 0 saturated carbocycles. The number of fused-ring (bicyclic) bond motifs is 3. The average Bonchev–Trinajstić information content (AvgIpc) is 3.17. The van der Waals surface area contributed by atoms with Crippen LogP contribution in [0.1, 0.15) is 51.7 Å². The largest absolute Gasteiger partial charge is 0.304 e. The Morgan fingerprint density at radius 2 is 1.22 bits per heavy atom. The quantitative estimate of drug-likeness (QED) is 0.239. The monoisotopic (exact) mass is 428 g/mol. The van der Waals surface area contributed by atoms with Gasteiger partial charge in [-0.15, -0.1) is 0 Å². The normalized spacial score (nSPS) is 12.3. The van der Waals surface area contributed by atoms with E-state index in [0.29, 0.717) is 0 Å². The highest BCUT2D eigenvalue weighted by atomic mass is 15.1. The summed E-state index contributed by atoms with van der Waals surface area (Å²) >= 11 is 0. The molecule has 0 bridgehead atoms. The fraction of sp³-hybridized carbons (Fsp3) is 0.467. The van der Waals surface area contributed by atoms with Crippen LogP contribution in [0.4, 0.5) is 0 Å². The lowest BCUT2D eigenvalue weighted by Crippen LogP contribution is -2.25. The maximum Gasteiger partial charge on any atom is -0.00158 e. The smallest absolute Gasteiger partial charge is 0.00158 e. The SMILES string of the molecule is CCN(CC)CCCc1cc2cccc3c2c(c1CCCN(CC)CC)-c1ccccc1-3. The van der Waals surface area contributed by atoms with Crippen LogP contribution < -0.4 is 0 Å². The van der Waals surface area contributed by atoms with Gasteiger partial charge in [0, 0.05) is 0 Å². The zero-order chi connectivity index (χ0) is 22.5. The summed E-state index contributed by atoms with van der Waals surface area (Å²) in [7, 11) is 0. The van der Waals surface area contributed by atoms with Gasteiger partial charge in [-0.1, -0.05) is 76.2 Å². The van der Waals surface area contributed by atoms with Gasteiger partial charge in [-0.2, -0.15) is 0 Å². The van der Waals surface area contributed by atoms with Crippen LogP contribution in [0.2, 0.25) is 0 Å². The summed E-state index contributed by atoms with van der Waals surface area (Å²) in [5.74, 6) is 0. The van der Waals surface area contributed by atoms with Crippen molar-refractivity contribution in [3.8, 4) is 22.3 Å². The maximum atomic E-state index is 2.56. The van der Waals surface area contributed by atoms with Crippen LogP contribution in [-0.2, 0) is 12.8 Å². The molecule has 0 radical (unpaired) electrons. The van der Waals surface area contributed by atoms with Crippen molar-refractivity contribution < 1.29 is 0 Å². The third-order valence-corrected chi connectivity index (χ3v) is 7.46. The van der Waals surface area contributed by atoms with Crippen LogP contribution in [-0.4, -0.2) is 49.1 Å². The summed E-state index contributed by atoms with van der Waals surface area (Å²) in [5, 5.41) is 2.90. The first-order chi connectivity index (χ1) is 15.7. The molecule has 0 unspecified atom stereocenters. The Labute approximate surface area is 195 Å². The number of nitrogens with zero attached hydrogens (tertiary/aromatic N) is 2. The highest BCUT2D eigenvalue weighted by Crippen LogP contribution is 2.49. The summed E-state index contributed by atoms with van der Waals surface area (Å²) in [6.07, 6.45) is 4.81. The number of aryl methyl sites for hydroxylation is 1. The molecule has 0 spiro atoms. The Hall–Kier alpha value is -2.16. The molecule has 3 aromatic carbocycles. The molecule has 0 aromatic heterocycles. The molecule has 0 saturated heterocycles. The van der Waals surface area contributed by atoms with Gasteiger partial charge in [0.15, 0.2) is 0 Å². The van der Waals surface area contributed by atoms with E-state index in [1.165, 1.54) is 71.8 Å². The second kappa shape index (κ2) is 10.6. The van der Waals surface area contributed by atoms with E-state index >= 15 is 0 Å². The zero-order valence-corrected chi connectivity index (χ0v) is 20.6. The van der Waals surface area contributed by atoms with Gasteiger partial charge in [0.2, 0.25) is 0 Å². The molecule has 0 N–H and O–H groups in total. The standard InChI is InChI=1S/C30H40N2/c1-5-31(6-2)20-12-15-23-22-24-14-11-18-27-26-16-9-10-17-28(26)30(29(24)27)25(23)19-13-21-32(7-3)8-4/h9-11,14,16-18,22H,5-8,12-13,15,19-21H2,1-4H3. The number of hydrogen-bond acceptors (Lipinski definition) is 2. The van der Waals surface area contributed by atoms with Crippen molar-refractivity contribution >= 4 is 10.8 Å². The van der Waals surface area contributed by atoms with Crippen molar-refractivity contribution in [1.82, 2.24) is 9.80 Å². The fourth-order valence-electron chi connectivity index (χ4n) is 5.57. The summed E-state index contributed by atoms with van der Waals surface area (Å²) in [6.45, 7) is 16.1. The molecule has 2 heteroatoms. The predicted molar refractivity (Wildman–Crippen MR) is 141 cm³/mol. The second-order valence-corrected chi connectivity index (χ2v) is 9.10. The van der Waals surface area contributed by atoms with Crippen molar-refractivity contribution in [3.63, 3.8) is 0 Å². The number of benzene rings is 3. The van der Waals surface area contributed by atoms with Crippen LogP contribution in [0.25, 0.3) is 33.0 Å². The molecule has 0 amide bonds. The van der Waals surface area contributed by atoms with Crippen molar-refractivity contribution in [2.45, 2.75) is 53.4 Å². The van der Waals surface area contributed by atoms with E-state index in [-0.39, 0.29) is 0 Å². The van der Waals surface area contributed by atoms with E-state index < -0.39 is 0 Å². The Morgan fingerprint density at radius 3 is 1.88 bits per heavy atom. The molecular formula is C30H40N2. The molecule has 4 rings (SSSR count). The predicted octanol–water partition coefficient (Wildman–Crippen LogP) is 7.04. The summed E-state index contributed by atoms with van der Waals surface area (Å²) in [6, 6.07) is 18.4. The number of rotatable bonds is 12. The third kappa shape index (κ3) is 4.49. The van der Waals surface area contributed by atoms with E-state index in [1.807, 2.05) is 0 Å². The molecule has 0 fully saturated rings. The molecule has 0 atom stereocenters. The van der Waals surface area contributed by atoms with E-state index in [4.69, 9.17) is 0 Å². The summed E-state index contributed by atoms with van der Waals surface area (Å²) < 4.78 is 0. The summed E-state index contributed by atoms with van der Waals surface area (Å²) in [5.41, 5.74) is 9.01. The molecular weight excluding hydrogens is 388 g/mol. The lowest BCUT2D eigenvalue weighted by Gasteiger charge is -2.21. The molecule has 2 nitrogen and oxygen atoms in total. The van der Waals surface area contributed by atoms with Crippen molar-refractivity contribution in [2.75, 3.05) is 39.3 Å². The van der Waals surface area contributed by atoms with Crippen molar-refractivity contribution in [1.29, 1.82) is 0 Å². The van der Waals surface area contributed by atoms with Gasteiger partial charge in [0.05, 0.1) is 0 Å². The van der Waals surface area contributed by atoms with Gasteiger partial charge in [-0.3, -0.25) is 0 Å². The lowest BCUT2D eigenvalue weighted by molar-refractivity contribution is 0.298. The van der Waals surface area contributed by atoms with Gasteiger partial charge in [-0.25, -0.2) is 0 Å². The van der Waals surface area contributed by atoms with Gasteiger partial charge < -0.3 is 9.80 Å². The molecule has 0 heterocycles. The minimum absolute atomic E-state index is 1.14. The van der Waals surface area contributed by atoms with E-state index in [9.17, 15) is 0 Å². The molecule has 1 aliphatic rings. The second-order valence-electron chi connectivity index (χ2n) is 9.10. The van der Waals surface area contributed by atoms with Gasteiger partial charge >= 0.3 is 0 Å². The first kappa shape index (κ1) is 23.0. The first-order valence-electron chi connectivity index (χ1n) is 12.8. The van der Waals surface area contributed by atoms with Crippen LogP contribution in [0, 0.1) is 0 Å². The molecule has 3 aromatic rings. The molecule has 0 aliphatic heterocycles. The molecule has 170 valence electrons. The van der Waals surface area contributed by atoms with Crippen LogP contribution in [0.3, 0.4) is 0 Å². The lowest BCUT2D eigenvalue weighted by atomic mass is 9.88.